The molecule has 1 amide bonds. The number of carbonyl (C=O) groups excluding carboxylic acids is 1. The molecule has 1 aliphatic rings. The zero-order chi connectivity index (χ0) is 17.9. The predicted octanol–water partition coefficient (Wildman–Crippen LogP) is 2.31. The number of nitrogens with one attached hydrogen (secondary N) is 1. The SMILES string of the molecule is CC1(C)SC(C(=O)O)=C(C(=O)N[C@@H](Cc2ccccc2)C(=O)O)S1. The minimum atomic E-state index is -1.18. The highest BCUT2D eigenvalue weighted by Gasteiger charge is 2.39. The molecule has 6 nitrogen and oxygen atoms in total. The van der Waals surface area contributed by atoms with Gasteiger partial charge in [-0.1, -0.05) is 42.1 Å². The average molecular weight is 367 g/mol. The molecule has 0 aromatic heterocycles. The van der Waals surface area contributed by atoms with Crippen molar-refractivity contribution in [2.24, 2.45) is 0 Å². The summed E-state index contributed by atoms with van der Waals surface area (Å²) >= 11 is 2.22. The van der Waals surface area contributed by atoms with Crippen LogP contribution in [0.4, 0.5) is 0 Å². The van der Waals surface area contributed by atoms with Crippen LogP contribution in [0.1, 0.15) is 19.4 Å². The fourth-order valence-corrected chi connectivity index (χ4v) is 4.67. The molecule has 128 valence electrons. The van der Waals surface area contributed by atoms with E-state index in [0.717, 1.165) is 29.1 Å². The molecule has 1 aromatic carbocycles. The fourth-order valence-electron chi connectivity index (χ4n) is 2.17. The number of carbonyl (C=O) groups is 3. The number of benzene rings is 1. The maximum absolute atomic E-state index is 12.4. The van der Waals surface area contributed by atoms with Gasteiger partial charge in [-0.05, 0) is 19.4 Å². The Balaban J connectivity index is 2.17. The molecule has 0 aliphatic carbocycles. The smallest absolute Gasteiger partial charge is 0.343 e. The van der Waals surface area contributed by atoms with Gasteiger partial charge in [0.2, 0.25) is 0 Å². The Morgan fingerprint density at radius 2 is 1.67 bits per heavy atom. The molecule has 1 aliphatic heterocycles. The molecule has 0 spiro atoms. The molecule has 1 atom stereocenters. The summed E-state index contributed by atoms with van der Waals surface area (Å²) in [5.41, 5.74) is 0.770. The zero-order valence-electron chi connectivity index (χ0n) is 13.1. The zero-order valence-corrected chi connectivity index (χ0v) is 14.7. The summed E-state index contributed by atoms with van der Waals surface area (Å²) in [7, 11) is 0. The van der Waals surface area contributed by atoms with Crippen LogP contribution in [0, 0.1) is 0 Å². The summed E-state index contributed by atoms with van der Waals surface area (Å²) in [6.07, 6.45) is 0.124. The Bertz CT molecular complexity index is 700. The molecule has 1 aromatic rings. The third-order valence-corrected chi connectivity index (χ3v) is 5.98. The van der Waals surface area contributed by atoms with Gasteiger partial charge in [-0.25, -0.2) is 9.59 Å². The Hall–Kier alpha value is -1.93. The van der Waals surface area contributed by atoms with E-state index in [1.807, 2.05) is 19.9 Å². The minimum Gasteiger partial charge on any atom is -0.480 e. The van der Waals surface area contributed by atoms with E-state index in [0.29, 0.717) is 0 Å². The van der Waals surface area contributed by atoms with E-state index >= 15 is 0 Å². The number of aliphatic carboxylic acids is 2. The number of hydrogen-bond acceptors (Lipinski definition) is 5. The average Bonchev–Trinajstić information content (AvgIpc) is 2.84. The lowest BCUT2D eigenvalue weighted by Crippen LogP contribution is -2.42. The first-order valence-electron chi connectivity index (χ1n) is 7.13. The van der Waals surface area contributed by atoms with Gasteiger partial charge in [-0.15, -0.1) is 11.8 Å². The summed E-state index contributed by atoms with van der Waals surface area (Å²) in [6.45, 7) is 3.62. The summed E-state index contributed by atoms with van der Waals surface area (Å²) in [5.74, 6) is -3.02. The summed E-state index contributed by atoms with van der Waals surface area (Å²) in [5, 5.41) is 21.0. The second kappa shape index (κ2) is 7.31. The number of thioether (sulfide) groups is 2. The van der Waals surface area contributed by atoms with Crippen LogP contribution < -0.4 is 5.32 Å². The van der Waals surface area contributed by atoms with Crippen molar-refractivity contribution in [2.45, 2.75) is 30.4 Å². The van der Waals surface area contributed by atoms with Crippen molar-refractivity contribution in [1.29, 1.82) is 0 Å². The maximum atomic E-state index is 12.4. The van der Waals surface area contributed by atoms with Crippen molar-refractivity contribution in [1.82, 2.24) is 5.32 Å². The van der Waals surface area contributed by atoms with Crippen LogP contribution >= 0.6 is 23.5 Å². The van der Waals surface area contributed by atoms with Crippen molar-refractivity contribution >= 4 is 41.4 Å². The second-order valence-corrected chi connectivity index (χ2v) is 9.15. The molecule has 0 saturated heterocycles. The number of carboxylic acid groups (broad SMARTS) is 2. The highest BCUT2D eigenvalue weighted by molar-refractivity contribution is 8.25. The van der Waals surface area contributed by atoms with Gasteiger partial charge in [0.1, 0.15) is 10.9 Å². The van der Waals surface area contributed by atoms with Crippen LogP contribution in [0.25, 0.3) is 0 Å². The van der Waals surface area contributed by atoms with Gasteiger partial charge in [0.15, 0.2) is 0 Å². The van der Waals surface area contributed by atoms with Crippen LogP contribution in [0.5, 0.6) is 0 Å². The van der Waals surface area contributed by atoms with Crippen LogP contribution in [0.2, 0.25) is 0 Å². The van der Waals surface area contributed by atoms with Gasteiger partial charge < -0.3 is 15.5 Å². The molecule has 8 heteroatoms. The van der Waals surface area contributed by atoms with Crippen LogP contribution in [0.3, 0.4) is 0 Å². The molecule has 0 saturated carbocycles. The molecule has 0 bridgehead atoms. The molecule has 3 N–H and O–H groups in total. The summed E-state index contributed by atoms with van der Waals surface area (Å²) < 4.78 is -0.488. The lowest BCUT2D eigenvalue weighted by atomic mass is 10.1. The lowest BCUT2D eigenvalue weighted by molar-refractivity contribution is -0.141. The largest absolute Gasteiger partial charge is 0.480 e. The Morgan fingerprint density at radius 1 is 1.08 bits per heavy atom. The van der Waals surface area contributed by atoms with E-state index in [2.05, 4.69) is 5.32 Å². The number of amides is 1. The molecular formula is C16H17NO5S2. The van der Waals surface area contributed by atoms with Crippen molar-refractivity contribution in [3.8, 4) is 0 Å². The molecule has 0 radical (unpaired) electrons. The lowest BCUT2D eigenvalue weighted by Gasteiger charge is -2.17. The Kier molecular flexibility index (Phi) is 5.61. The first kappa shape index (κ1) is 18.4. The molecule has 24 heavy (non-hydrogen) atoms. The van der Waals surface area contributed by atoms with E-state index in [1.54, 1.807) is 24.3 Å². The third-order valence-electron chi connectivity index (χ3n) is 3.19. The number of carboxylic acids is 2. The van der Waals surface area contributed by atoms with Crippen molar-refractivity contribution in [2.75, 3.05) is 0 Å². The predicted molar refractivity (Wildman–Crippen MR) is 93.6 cm³/mol. The minimum absolute atomic E-state index is 0.0497. The van der Waals surface area contributed by atoms with Gasteiger partial charge in [-0.2, -0.15) is 0 Å². The van der Waals surface area contributed by atoms with Crippen molar-refractivity contribution in [3.63, 3.8) is 0 Å². The maximum Gasteiger partial charge on any atom is 0.343 e. The fraction of sp³-hybridized carbons (Fsp3) is 0.312. The summed E-state index contributed by atoms with van der Waals surface area (Å²) in [4.78, 5) is 35.2. The van der Waals surface area contributed by atoms with Gasteiger partial charge >= 0.3 is 11.9 Å². The molecular weight excluding hydrogens is 350 g/mol. The molecule has 0 unspecified atom stereocenters. The number of rotatable bonds is 6. The highest BCUT2D eigenvalue weighted by Crippen LogP contribution is 2.53. The van der Waals surface area contributed by atoms with Crippen molar-refractivity contribution in [3.05, 3.63) is 45.7 Å². The third kappa shape index (κ3) is 4.55. The normalized spacial score (nSPS) is 17.4. The van der Waals surface area contributed by atoms with E-state index in [9.17, 15) is 24.6 Å². The molecule has 0 fully saturated rings. The van der Waals surface area contributed by atoms with E-state index in [-0.39, 0.29) is 16.2 Å². The standard InChI is InChI=1S/C16H17NO5S2/c1-16(2)23-11(12(24-16)15(21)22)13(18)17-10(14(19)20)8-9-6-4-3-5-7-9/h3-7,10H,8H2,1-2H3,(H,17,18)(H,19,20)(H,21,22)/t10-/m0/s1. The van der Waals surface area contributed by atoms with E-state index in [1.165, 1.54) is 0 Å². The Labute approximate surface area is 147 Å². The highest BCUT2D eigenvalue weighted by atomic mass is 32.2. The van der Waals surface area contributed by atoms with Gasteiger partial charge in [-0.3, -0.25) is 4.79 Å². The topological polar surface area (TPSA) is 104 Å². The van der Waals surface area contributed by atoms with Gasteiger partial charge in [0, 0.05) is 6.42 Å². The number of hydrogen-bond donors (Lipinski definition) is 3. The first-order chi connectivity index (χ1) is 11.2. The molecule has 2 rings (SSSR count). The van der Waals surface area contributed by atoms with E-state index < -0.39 is 28.0 Å². The van der Waals surface area contributed by atoms with Gasteiger partial charge in [0.25, 0.3) is 5.91 Å². The second-order valence-electron chi connectivity index (χ2n) is 5.62. The van der Waals surface area contributed by atoms with Crippen molar-refractivity contribution < 1.29 is 24.6 Å². The van der Waals surface area contributed by atoms with E-state index in [4.69, 9.17) is 0 Å². The monoisotopic (exact) mass is 367 g/mol. The first-order valence-corrected chi connectivity index (χ1v) is 8.76. The molecule has 1 heterocycles. The van der Waals surface area contributed by atoms with Crippen LogP contribution in [-0.2, 0) is 20.8 Å². The summed E-state index contributed by atoms with van der Waals surface area (Å²) in [6, 6.07) is 7.80. The van der Waals surface area contributed by atoms with Crippen LogP contribution in [-0.4, -0.2) is 38.2 Å². The quantitative estimate of drug-likeness (QED) is 0.709. The van der Waals surface area contributed by atoms with Crippen LogP contribution in [0.15, 0.2) is 40.1 Å². The van der Waals surface area contributed by atoms with Gasteiger partial charge in [0.05, 0.1) is 8.98 Å². The Morgan fingerprint density at radius 3 is 2.21 bits per heavy atom.